The van der Waals surface area contributed by atoms with Crippen LogP contribution in [-0.2, 0) is 9.47 Å². The van der Waals surface area contributed by atoms with Crippen molar-refractivity contribution in [2.45, 2.75) is 0 Å². The average Bonchev–Trinajstić information content (AvgIpc) is 2.59. The summed E-state index contributed by atoms with van der Waals surface area (Å²) in [5.74, 6) is -1.08. The Morgan fingerprint density at radius 1 is 0.909 bits per heavy atom. The number of rotatable bonds is 4. The summed E-state index contributed by atoms with van der Waals surface area (Å²) in [4.78, 5) is 27.6. The highest BCUT2D eigenvalue weighted by molar-refractivity contribution is 5.97. The molecule has 0 fully saturated rings. The highest BCUT2D eigenvalue weighted by Crippen LogP contribution is 2.19. The molecule has 0 unspecified atom stereocenters. The molecular formula is C17H15NO4. The van der Waals surface area contributed by atoms with Crippen LogP contribution in [0.4, 0.5) is 5.69 Å². The molecule has 2 rings (SSSR count). The van der Waals surface area contributed by atoms with Gasteiger partial charge in [-0.25, -0.2) is 9.59 Å². The van der Waals surface area contributed by atoms with E-state index >= 15 is 0 Å². The second-order valence-electron chi connectivity index (χ2n) is 4.42. The van der Waals surface area contributed by atoms with Crippen molar-refractivity contribution >= 4 is 23.8 Å². The van der Waals surface area contributed by atoms with Gasteiger partial charge in [-0.3, -0.25) is 4.99 Å². The Bertz CT molecular complexity index is 674. The summed E-state index contributed by atoms with van der Waals surface area (Å²) >= 11 is 0. The first-order valence-electron chi connectivity index (χ1n) is 6.55. The Morgan fingerprint density at radius 2 is 1.45 bits per heavy atom. The quantitative estimate of drug-likeness (QED) is 0.642. The zero-order valence-electron chi connectivity index (χ0n) is 12.3. The summed E-state index contributed by atoms with van der Waals surface area (Å²) in [6.07, 6.45) is 1.65. The van der Waals surface area contributed by atoms with Gasteiger partial charge in [-0.2, -0.15) is 0 Å². The van der Waals surface area contributed by atoms with Gasteiger partial charge in [0, 0.05) is 6.21 Å². The predicted octanol–water partition coefficient (Wildman–Crippen LogP) is 3.01. The molecule has 0 saturated heterocycles. The summed E-state index contributed by atoms with van der Waals surface area (Å²) < 4.78 is 9.36. The minimum absolute atomic E-state index is 0.241. The van der Waals surface area contributed by atoms with Crippen molar-refractivity contribution in [2.75, 3.05) is 14.2 Å². The lowest BCUT2D eigenvalue weighted by atomic mass is 10.1. The molecule has 2 aromatic carbocycles. The molecule has 0 aliphatic carbocycles. The van der Waals surface area contributed by atoms with E-state index in [9.17, 15) is 9.59 Å². The first kappa shape index (κ1) is 15.4. The van der Waals surface area contributed by atoms with E-state index in [0.29, 0.717) is 5.69 Å². The lowest BCUT2D eigenvalue weighted by Gasteiger charge is -2.05. The Kier molecular flexibility index (Phi) is 5.03. The molecule has 5 heteroatoms. The Labute approximate surface area is 128 Å². The Hall–Kier alpha value is -2.95. The van der Waals surface area contributed by atoms with Crippen molar-refractivity contribution in [3.63, 3.8) is 0 Å². The molecule has 0 aromatic heterocycles. The number of carbonyl (C=O) groups is 2. The van der Waals surface area contributed by atoms with Crippen molar-refractivity contribution in [2.24, 2.45) is 4.99 Å². The minimum atomic E-state index is -0.540. The van der Waals surface area contributed by atoms with Gasteiger partial charge in [0.25, 0.3) is 0 Å². The van der Waals surface area contributed by atoms with Gasteiger partial charge in [0.05, 0.1) is 31.0 Å². The van der Waals surface area contributed by atoms with Crippen LogP contribution in [0.25, 0.3) is 0 Å². The largest absolute Gasteiger partial charge is 0.465 e. The number of hydrogen-bond donors (Lipinski definition) is 0. The van der Waals surface area contributed by atoms with Crippen LogP contribution in [-0.4, -0.2) is 32.4 Å². The maximum absolute atomic E-state index is 11.7. The van der Waals surface area contributed by atoms with E-state index in [2.05, 4.69) is 14.5 Å². The summed E-state index contributed by atoms with van der Waals surface area (Å²) in [6.45, 7) is 0. The number of esters is 2. The predicted molar refractivity (Wildman–Crippen MR) is 82.8 cm³/mol. The van der Waals surface area contributed by atoms with Crippen LogP contribution in [0.15, 0.2) is 53.5 Å². The van der Waals surface area contributed by atoms with Gasteiger partial charge in [-0.15, -0.1) is 0 Å². The molecule has 112 valence electrons. The summed E-state index contributed by atoms with van der Waals surface area (Å²) in [5, 5.41) is 0. The number of aliphatic imine (C=N–C) groups is 1. The fourth-order valence-electron chi connectivity index (χ4n) is 1.85. The molecule has 0 heterocycles. The van der Waals surface area contributed by atoms with Crippen LogP contribution < -0.4 is 0 Å². The van der Waals surface area contributed by atoms with Crippen molar-refractivity contribution in [1.29, 1.82) is 0 Å². The van der Waals surface area contributed by atoms with Crippen LogP contribution >= 0.6 is 0 Å². The van der Waals surface area contributed by atoms with Gasteiger partial charge in [-0.05, 0) is 23.8 Å². The molecule has 0 bridgehead atoms. The number of nitrogens with zero attached hydrogens (tertiary/aromatic N) is 1. The van der Waals surface area contributed by atoms with E-state index < -0.39 is 11.9 Å². The minimum Gasteiger partial charge on any atom is -0.465 e. The molecule has 5 nitrogen and oxygen atoms in total. The molecule has 0 saturated carbocycles. The molecule has 0 N–H and O–H groups in total. The highest BCUT2D eigenvalue weighted by Gasteiger charge is 2.13. The number of ether oxygens (including phenoxy) is 2. The number of benzene rings is 2. The number of carbonyl (C=O) groups excluding carboxylic acids is 2. The van der Waals surface area contributed by atoms with Crippen LogP contribution in [0.2, 0.25) is 0 Å². The van der Waals surface area contributed by atoms with Crippen LogP contribution in [0.1, 0.15) is 26.3 Å². The van der Waals surface area contributed by atoms with Gasteiger partial charge in [-0.1, -0.05) is 30.3 Å². The highest BCUT2D eigenvalue weighted by atomic mass is 16.5. The monoisotopic (exact) mass is 297 g/mol. The van der Waals surface area contributed by atoms with Gasteiger partial charge >= 0.3 is 11.9 Å². The molecular weight excluding hydrogens is 282 g/mol. The second kappa shape index (κ2) is 7.17. The third-order valence-electron chi connectivity index (χ3n) is 2.92. The molecule has 0 aliphatic heterocycles. The van der Waals surface area contributed by atoms with E-state index in [1.54, 1.807) is 18.3 Å². The lowest BCUT2D eigenvalue weighted by molar-refractivity contribution is 0.0599. The Morgan fingerprint density at radius 3 is 1.95 bits per heavy atom. The van der Waals surface area contributed by atoms with E-state index in [4.69, 9.17) is 0 Å². The molecule has 0 amide bonds. The maximum atomic E-state index is 11.7. The van der Waals surface area contributed by atoms with Crippen molar-refractivity contribution in [1.82, 2.24) is 0 Å². The fraction of sp³-hybridized carbons (Fsp3) is 0.118. The molecule has 0 spiro atoms. The fourth-order valence-corrected chi connectivity index (χ4v) is 1.85. The summed E-state index contributed by atoms with van der Waals surface area (Å²) in [6, 6.07) is 14.0. The molecule has 22 heavy (non-hydrogen) atoms. The van der Waals surface area contributed by atoms with Crippen LogP contribution in [0.5, 0.6) is 0 Å². The van der Waals surface area contributed by atoms with Gasteiger partial charge < -0.3 is 9.47 Å². The number of hydrogen-bond acceptors (Lipinski definition) is 5. The first-order chi connectivity index (χ1) is 10.6. The van der Waals surface area contributed by atoms with Gasteiger partial charge in [0.15, 0.2) is 0 Å². The van der Waals surface area contributed by atoms with Crippen LogP contribution in [0, 0.1) is 0 Å². The van der Waals surface area contributed by atoms with Gasteiger partial charge in [0.2, 0.25) is 0 Å². The average molecular weight is 297 g/mol. The zero-order chi connectivity index (χ0) is 15.9. The smallest absolute Gasteiger partial charge is 0.337 e. The molecule has 0 atom stereocenters. The standard InChI is InChI=1S/C17H15NO4/c1-21-16(19)13-8-14(17(20)22-2)10-15(9-13)18-11-12-6-4-3-5-7-12/h3-11H,1-2H3/b18-11+. The van der Waals surface area contributed by atoms with E-state index in [-0.39, 0.29) is 11.1 Å². The normalized spacial score (nSPS) is 10.5. The third kappa shape index (κ3) is 3.79. The SMILES string of the molecule is COC(=O)c1cc(/N=C/c2ccccc2)cc(C(=O)OC)c1. The summed E-state index contributed by atoms with van der Waals surface area (Å²) in [5.41, 5.74) is 1.86. The van der Waals surface area contributed by atoms with Crippen molar-refractivity contribution in [3.05, 3.63) is 65.2 Å². The van der Waals surface area contributed by atoms with Crippen molar-refractivity contribution in [3.8, 4) is 0 Å². The molecule has 0 aliphatic rings. The van der Waals surface area contributed by atoms with E-state index in [1.165, 1.54) is 20.3 Å². The first-order valence-corrected chi connectivity index (χ1v) is 6.55. The van der Waals surface area contributed by atoms with E-state index in [1.807, 2.05) is 30.3 Å². The maximum Gasteiger partial charge on any atom is 0.337 e. The lowest BCUT2D eigenvalue weighted by Crippen LogP contribution is -2.06. The van der Waals surface area contributed by atoms with Crippen LogP contribution in [0.3, 0.4) is 0 Å². The topological polar surface area (TPSA) is 65.0 Å². The van der Waals surface area contributed by atoms with E-state index in [0.717, 1.165) is 5.56 Å². The molecule has 2 aromatic rings. The Balaban J connectivity index is 2.39. The third-order valence-corrected chi connectivity index (χ3v) is 2.92. The summed E-state index contributed by atoms with van der Waals surface area (Å²) in [7, 11) is 2.56. The molecule has 0 radical (unpaired) electrons. The number of methoxy groups -OCH3 is 2. The second-order valence-corrected chi connectivity index (χ2v) is 4.42. The zero-order valence-corrected chi connectivity index (χ0v) is 12.3. The van der Waals surface area contributed by atoms with Gasteiger partial charge in [0.1, 0.15) is 0 Å². The van der Waals surface area contributed by atoms with Crippen molar-refractivity contribution < 1.29 is 19.1 Å².